The van der Waals surface area contributed by atoms with Crippen molar-refractivity contribution >= 4 is 5.69 Å². The summed E-state index contributed by atoms with van der Waals surface area (Å²) in [5.41, 5.74) is 2.62. The largest absolute Gasteiger partial charge is 0.464 e. The maximum atomic E-state index is 9.08. The van der Waals surface area contributed by atoms with Crippen LogP contribution in [0.15, 0.2) is 34.7 Å². The van der Waals surface area contributed by atoms with Gasteiger partial charge >= 0.3 is 0 Å². The molecule has 0 fully saturated rings. The van der Waals surface area contributed by atoms with Crippen molar-refractivity contribution in [3.63, 3.8) is 0 Å². The van der Waals surface area contributed by atoms with E-state index in [1.807, 2.05) is 51.1 Å². The van der Waals surface area contributed by atoms with Gasteiger partial charge in [0.25, 0.3) is 0 Å². The van der Waals surface area contributed by atoms with E-state index in [2.05, 4.69) is 11.4 Å². The van der Waals surface area contributed by atoms with Gasteiger partial charge in [-0.2, -0.15) is 5.26 Å². The van der Waals surface area contributed by atoms with Crippen molar-refractivity contribution in [3.05, 3.63) is 53.0 Å². The molecule has 1 atom stereocenters. The van der Waals surface area contributed by atoms with Crippen LogP contribution in [0.1, 0.15) is 35.6 Å². The van der Waals surface area contributed by atoms with Crippen LogP contribution >= 0.6 is 0 Å². The fourth-order valence-electron chi connectivity index (χ4n) is 1.87. The van der Waals surface area contributed by atoms with Crippen LogP contribution in [0, 0.1) is 25.2 Å². The quantitative estimate of drug-likeness (QED) is 0.883. The standard InChI is InChI=1S/C15H16N2O/c1-10-4-6-13(9-16)14(8-10)17-12(3)15-7-5-11(2)18-15/h4-8,12,17H,1-3H3. The van der Waals surface area contributed by atoms with E-state index in [4.69, 9.17) is 9.68 Å². The average Bonchev–Trinajstić information content (AvgIpc) is 2.76. The van der Waals surface area contributed by atoms with Gasteiger partial charge in [0.2, 0.25) is 0 Å². The number of rotatable bonds is 3. The van der Waals surface area contributed by atoms with Crippen LogP contribution < -0.4 is 5.32 Å². The Morgan fingerprint density at radius 1 is 1.22 bits per heavy atom. The number of furan rings is 1. The highest BCUT2D eigenvalue weighted by atomic mass is 16.3. The maximum Gasteiger partial charge on any atom is 0.126 e. The Morgan fingerprint density at radius 2 is 2.00 bits per heavy atom. The molecule has 1 heterocycles. The molecule has 1 N–H and O–H groups in total. The molecule has 0 amide bonds. The van der Waals surface area contributed by atoms with E-state index in [1.165, 1.54) is 0 Å². The molecular formula is C15H16N2O. The molecule has 1 unspecified atom stereocenters. The predicted molar refractivity (Wildman–Crippen MR) is 71.4 cm³/mol. The zero-order chi connectivity index (χ0) is 13.1. The number of nitriles is 1. The number of aryl methyl sites for hydroxylation is 2. The van der Waals surface area contributed by atoms with Crippen LogP contribution in [0.5, 0.6) is 0 Å². The third kappa shape index (κ3) is 2.54. The van der Waals surface area contributed by atoms with Crippen molar-refractivity contribution in [1.82, 2.24) is 0 Å². The van der Waals surface area contributed by atoms with Gasteiger partial charge in [-0.25, -0.2) is 0 Å². The summed E-state index contributed by atoms with van der Waals surface area (Å²) >= 11 is 0. The molecule has 2 rings (SSSR count). The summed E-state index contributed by atoms with van der Waals surface area (Å²) in [7, 11) is 0. The molecule has 0 radical (unpaired) electrons. The second-order valence-electron chi connectivity index (χ2n) is 4.48. The fraction of sp³-hybridized carbons (Fsp3) is 0.267. The lowest BCUT2D eigenvalue weighted by molar-refractivity contribution is 0.467. The molecule has 0 bridgehead atoms. The molecule has 3 heteroatoms. The van der Waals surface area contributed by atoms with E-state index in [1.54, 1.807) is 0 Å². The number of nitrogens with zero attached hydrogens (tertiary/aromatic N) is 1. The zero-order valence-corrected chi connectivity index (χ0v) is 10.8. The molecule has 1 aromatic heterocycles. The molecule has 0 aliphatic heterocycles. The normalized spacial score (nSPS) is 11.9. The van der Waals surface area contributed by atoms with Gasteiger partial charge in [0, 0.05) is 0 Å². The minimum Gasteiger partial charge on any atom is -0.464 e. The summed E-state index contributed by atoms with van der Waals surface area (Å²) in [5.74, 6) is 1.77. The minimum absolute atomic E-state index is 0.0348. The smallest absolute Gasteiger partial charge is 0.126 e. The molecule has 0 aliphatic rings. The van der Waals surface area contributed by atoms with Gasteiger partial charge in [-0.15, -0.1) is 0 Å². The van der Waals surface area contributed by atoms with Crippen molar-refractivity contribution in [2.75, 3.05) is 5.32 Å². The molecular weight excluding hydrogens is 224 g/mol. The van der Waals surface area contributed by atoms with Gasteiger partial charge in [-0.1, -0.05) is 6.07 Å². The number of hydrogen-bond donors (Lipinski definition) is 1. The van der Waals surface area contributed by atoms with Gasteiger partial charge in [-0.3, -0.25) is 0 Å². The molecule has 1 aromatic carbocycles. The van der Waals surface area contributed by atoms with Gasteiger partial charge in [0.1, 0.15) is 17.6 Å². The molecule has 92 valence electrons. The van der Waals surface area contributed by atoms with E-state index in [0.717, 1.165) is 22.8 Å². The maximum absolute atomic E-state index is 9.08. The second kappa shape index (κ2) is 4.97. The van der Waals surface area contributed by atoms with Crippen LogP contribution in [0.4, 0.5) is 5.69 Å². The van der Waals surface area contributed by atoms with Gasteiger partial charge in [-0.05, 0) is 50.6 Å². The molecule has 0 aliphatic carbocycles. The Kier molecular flexibility index (Phi) is 3.38. The van der Waals surface area contributed by atoms with Crippen molar-refractivity contribution in [2.24, 2.45) is 0 Å². The lowest BCUT2D eigenvalue weighted by Gasteiger charge is -2.14. The number of nitrogens with one attached hydrogen (secondary N) is 1. The van der Waals surface area contributed by atoms with Crippen LogP contribution in [-0.2, 0) is 0 Å². The van der Waals surface area contributed by atoms with E-state index < -0.39 is 0 Å². The van der Waals surface area contributed by atoms with Gasteiger partial charge < -0.3 is 9.73 Å². The van der Waals surface area contributed by atoms with E-state index >= 15 is 0 Å². The Morgan fingerprint density at radius 3 is 2.61 bits per heavy atom. The first-order valence-corrected chi connectivity index (χ1v) is 5.94. The Bertz CT molecular complexity index is 593. The molecule has 0 saturated heterocycles. The summed E-state index contributed by atoms with van der Waals surface area (Å²) in [6.45, 7) is 5.94. The van der Waals surface area contributed by atoms with Crippen molar-refractivity contribution in [1.29, 1.82) is 5.26 Å². The average molecular weight is 240 g/mol. The summed E-state index contributed by atoms with van der Waals surface area (Å²) in [5, 5.41) is 12.4. The highest BCUT2D eigenvalue weighted by Gasteiger charge is 2.11. The lowest BCUT2D eigenvalue weighted by atomic mass is 10.1. The zero-order valence-electron chi connectivity index (χ0n) is 10.8. The third-order valence-corrected chi connectivity index (χ3v) is 2.86. The topological polar surface area (TPSA) is 49.0 Å². The highest BCUT2D eigenvalue weighted by Crippen LogP contribution is 2.24. The number of anilines is 1. The van der Waals surface area contributed by atoms with Crippen LogP contribution in [-0.4, -0.2) is 0 Å². The molecule has 0 spiro atoms. The summed E-state index contributed by atoms with van der Waals surface area (Å²) in [6, 6.07) is 11.9. The van der Waals surface area contributed by atoms with Crippen LogP contribution in [0.25, 0.3) is 0 Å². The SMILES string of the molecule is Cc1ccc(C#N)c(NC(C)c2ccc(C)o2)c1. The summed E-state index contributed by atoms with van der Waals surface area (Å²) in [4.78, 5) is 0. The van der Waals surface area contributed by atoms with E-state index in [0.29, 0.717) is 5.56 Å². The number of hydrogen-bond acceptors (Lipinski definition) is 3. The molecule has 18 heavy (non-hydrogen) atoms. The first kappa shape index (κ1) is 12.3. The van der Waals surface area contributed by atoms with Gasteiger partial charge in [0.15, 0.2) is 0 Å². The second-order valence-corrected chi connectivity index (χ2v) is 4.48. The fourth-order valence-corrected chi connectivity index (χ4v) is 1.87. The third-order valence-electron chi connectivity index (χ3n) is 2.86. The predicted octanol–water partition coefficient (Wildman–Crippen LogP) is 3.94. The van der Waals surface area contributed by atoms with Crippen molar-refractivity contribution < 1.29 is 4.42 Å². The Labute approximate surface area is 107 Å². The minimum atomic E-state index is 0.0348. The van der Waals surface area contributed by atoms with Crippen molar-refractivity contribution in [3.8, 4) is 6.07 Å². The van der Waals surface area contributed by atoms with Crippen LogP contribution in [0.3, 0.4) is 0 Å². The van der Waals surface area contributed by atoms with Gasteiger partial charge in [0.05, 0.1) is 17.3 Å². The lowest BCUT2D eigenvalue weighted by Crippen LogP contribution is -2.07. The molecule has 0 saturated carbocycles. The van der Waals surface area contributed by atoms with E-state index in [-0.39, 0.29) is 6.04 Å². The Hall–Kier alpha value is -2.21. The first-order chi connectivity index (χ1) is 8.60. The monoisotopic (exact) mass is 240 g/mol. The number of benzene rings is 1. The molecule has 2 aromatic rings. The first-order valence-electron chi connectivity index (χ1n) is 5.94. The summed E-state index contributed by atoms with van der Waals surface area (Å²) in [6.07, 6.45) is 0. The summed E-state index contributed by atoms with van der Waals surface area (Å²) < 4.78 is 5.58. The molecule has 3 nitrogen and oxygen atoms in total. The van der Waals surface area contributed by atoms with Crippen molar-refractivity contribution in [2.45, 2.75) is 26.8 Å². The highest BCUT2D eigenvalue weighted by molar-refractivity contribution is 5.59. The van der Waals surface area contributed by atoms with Crippen LogP contribution in [0.2, 0.25) is 0 Å². The van der Waals surface area contributed by atoms with E-state index in [9.17, 15) is 0 Å². The Balaban J connectivity index is 2.24.